The molecule has 2 aromatic rings. The van der Waals surface area contributed by atoms with Crippen molar-refractivity contribution in [2.75, 3.05) is 11.4 Å². The van der Waals surface area contributed by atoms with Crippen LogP contribution in [0.1, 0.15) is 10.5 Å². The van der Waals surface area contributed by atoms with Crippen LogP contribution in [0.25, 0.3) is 0 Å². The number of anilines is 1. The molecule has 0 atom stereocenters. The molecule has 0 saturated carbocycles. The highest BCUT2D eigenvalue weighted by atomic mass is 16.2. The standard InChI is InChI=1S/C15H16N2O/c1-3-11-17(13-8-5-4-6-9-13)15(18)14-10-7-12-16(14)2/h3-10,12H,1,11H2,2H3. The molecule has 0 saturated heterocycles. The molecule has 0 bridgehead atoms. The predicted octanol–water partition coefficient (Wildman–Crippen LogP) is 2.86. The Morgan fingerprint density at radius 3 is 2.56 bits per heavy atom. The maximum absolute atomic E-state index is 12.5. The van der Waals surface area contributed by atoms with Gasteiger partial charge in [0.05, 0.1) is 0 Å². The highest BCUT2D eigenvalue weighted by molar-refractivity contribution is 6.05. The summed E-state index contributed by atoms with van der Waals surface area (Å²) in [6.07, 6.45) is 3.60. The van der Waals surface area contributed by atoms with Crippen molar-refractivity contribution >= 4 is 11.6 Å². The molecule has 0 radical (unpaired) electrons. The van der Waals surface area contributed by atoms with Crippen LogP contribution in [0.15, 0.2) is 61.3 Å². The van der Waals surface area contributed by atoms with Gasteiger partial charge in [-0.1, -0.05) is 24.3 Å². The Kier molecular flexibility index (Phi) is 3.63. The lowest BCUT2D eigenvalue weighted by molar-refractivity contribution is 0.0982. The van der Waals surface area contributed by atoms with E-state index in [1.807, 2.05) is 60.3 Å². The fraction of sp³-hybridized carbons (Fsp3) is 0.133. The molecular formula is C15H16N2O. The number of amides is 1. The quantitative estimate of drug-likeness (QED) is 0.754. The van der Waals surface area contributed by atoms with Crippen LogP contribution in [0.4, 0.5) is 5.69 Å². The summed E-state index contributed by atoms with van der Waals surface area (Å²) < 4.78 is 1.82. The first-order valence-corrected chi connectivity index (χ1v) is 5.83. The zero-order chi connectivity index (χ0) is 13.0. The molecule has 0 aliphatic heterocycles. The van der Waals surface area contributed by atoms with Crippen LogP contribution in [0.3, 0.4) is 0 Å². The van der Waals surface area contributed by atoms with E-state index in [1.54, 1.807) is 11.0 Å². The molecule has 1 heterocycles. The highest BCUT2D eigenvalue weighted by Crippen LogP contribution is 2.16. The first kappa shape index (κ1) is 12.2. The number of carbonyl (C=O) groups is 1. The van der Waals surface area contributed by atoms with E-state index in [0.29, 0.717) is 12.2 Å². The number of rotatable bonds is 4. The van der Waals surface area contributed by atoms with E-state index in [-0.39, 0.29) is 5.91 Å². The van der Waals surface area contributed by atoms with Crippen molar-refractivity contribution < 1.29 is 4.79 Å². The summed E-state index contributed by atoms with van der Waals surface area (Å²) in [7, 11) is 1.87. The SMILES string of the molecule is C=CCN(C(=O)c1cccn1C)c1ccccc1. The molecule has 0 spiro atoms. The van der Waals surface area contributed by atoms with E-state index in [4.69, 9.17) is 0 Å². The Labute approximate surface area is 107 Å². The van der Waals surface area contributed by atoms with Gasteiger partial charge in [-0.3, -0.25) is 4.79 Å². The Balaban J connectivity index is 2.34. The smallest absolute Gasteiger partial charge is 0.275 e. The molecule has 0 N–H and O–H groups in total. The lowest BCUT2D eigenvalue weighted by atomic mass is 10.2. The van der Waals surface area contributed by atoms with Crippen molar-refractivity contribution in [1.82, 2.24) is 4.57 Å². The van der Waals surface area contributed by atoms with Gasteiger partial charge in [0.2, 0.25) is 0 Å². The van der Waals surface area contributed by atoms with Gasteiger partial charge in [0.15, 0.2) is 0 Å². The maximum atomic E-state index is 12.5. The molecule has 92 valence electrons. The summed E-state index contributed by atoms with van der Waals surface area (Å²) in [5.41, 5.74) is 1.55. The maximum Gasteiger partial charge on any atom is 0.275 e. The molecule has 1 aromatic carbocycles. The zero-order valence-electron chi connectivity index (χ0n) is 10.4. The minimum Gasteiger partial charge on any atom is -0.347 e. The molecular weight excluding hydrogens is 224 g/mol. The van der Waals surface area contributed by atoms with Crippen LogP contribution < -0.4 is 4.90 Å². The number of benzene rings is 1. The third kappa shape index (κ3) is 2.35. The minimum absolute atomic E-state index is 0.0198. The Morgan fingerprint density at radius 1 is 1.28 bits per heavy atom. The first-order chi connectivity index (χ1) is 8.74. The summed E-state index contributed by atoms with van der Waals surface area (Å²) in [6.45, 7) is 4.21. The van der Waals surface area contributed by atoms with E-state index >= 15 is 0 Å². The molecule has 0 unspecified atom stereocenters. The second-order valence-electron chi connectivity index (χ2n) is 4.04. The molecule has 2 rings (SSSR count). The molecule has 0 aliphatic carbocycles. The fourth-order valence-corrected chi connectivity index (χ4v) is 1.86. The van der Waals surface area contributed by atoms with Crippen LogP contribution in [-0.4, -0.2) is 17.0 Å². The van der Waals surface area contributed by atoms with E-state index in [0.717, 1.165) is 5.69 Å². The zero-order valence-corrected chi connectivity index (χ0v) is 10.4. The van der Waals surface area contributed by atoms with E-state index in [1.165, 1.54) is 0 Å². The number of aromatic nitrogens is 1. The van der Waals surface area contributed by atoms with E-state index < -0.39 is 0 Å². The van der Waals surface area contributed by atoms with Crippen LogP contribution in [0, 0.1) is 0 Å². The Bertz CT molecular complexity index is 543. The van der Waals surface area contributed by atoms with Gasteiger partial charge in [0.1, 0.15) is 5.69 Å². The molecule has 1 amide bonds. The van der Waals surface area contributed by atoms with Gasteiger partial charge in [-0.15, -0.1) is 6.58 Å². The largest absolute Gasteiger partial charge is 0.347 e. The summed E-state index contributed by atoms with van der Waals surface area (Å²) in [6, 6.07) is 13.3. The van der Waals surface area contributed by atoms with Gasteiger partial charge < -0.3 is 9.47 Å². The number of nitrogens with zero attached hydrogens (tertiary/aromatic N) is 2. The van der Waals surface area contributed by atoms with Gasteiger partial charge in [-0.05, 0) is 24.3 Å². The molecule has 0 fully saturated rings. The van der Waals surface area contributed by atoms with Crippen LogP contribution in [0.2, 0.25) is 0 Å². The van der Waals surface area contributed by atoms with Gasteiger partial charge in [0.25, 0.3) is 5.91 Å². The molecule has 3 nitrogen and oxygen atoms in total. The van der Waals surface area contributed by atoms with Crippen LogP contribution >= 0.6 is 0 Å². The number of hydrogen-bond donors (Lipinski definition) is 0. The number of hydrogen-bond acceptors (Lipinski definition) is 1. The van der Waals surface area contributed by atoms with Crippen molar-refractivity contribution in [2.24, 2.45) is 7.05 Å². The fourth-order valence-electron chi connectivity index (χ4n) is 1.86. The molecule has 18 heavy (non-hydrogen) atoms. The second kappa shape index (κ2) is 5.36. The molecule has 3 heteroatoms. The monoisotopic (exact) mass is 240 g/mol. The highest BCUT2D eigenvalue weighted by Gasteiger charge is 2.18. The average Bonchev–Trinajstić information content (AvgIpc) is 2.82. The van der Waals surface area contributed by atoms with Gasteiger partial charge in [-0.25, -0.2) is 0 Å². The van der Waals surface area contributed by atoms with Crippen molar-refractivity contribution in [3.05, 3.63) is 67.0 Å². The second-order valence-corrected chi connectivity index (χ2v) is 4.04. The van der Waals surface area contributed by atoms with E-state index in [2.05, 4.69) is 6.58 Å². The molecule has 1 aromatic heterocycles. The van der Waals surface area contributed by atoms with Crippen molar-refractivity contribution in [2.45, 2.75) is 0 Å². The van der Waals surface area contributed by atoms with Crippen molar-refractivity contribution in [3.63, 3.8) is 0 Å². The Hall–Kier alpha value is -2.29. The van der Waals surface area contributed by atoms with Crippen molar-refractivity contribution in [1.29, 1.82) is 0 Å². The van der Waals surface area contributed by atoms with Gasteiger partial charge >= 0.3 is 0 Å². The first-order valence-electron chi connectivity index (χ1n) is 5.83. The van der Waals surface area contributed by atoms with Crippen LogP contribution in [0.5, 0.6) is 0 Å². The number of aryl methyl sites for hydroxylation is 1. The third-order valence-corrected chi connectivity index (χ3v) is 2.79. The third-order valence-electron chi connectivity index (χ3n) is 2.79. The Morgan fingerprint density at radius 2 is 2.00 bits per heavy atom. The van der Waals surface area contributed by atoms with Crippen molar-refractivity contribution in [3.8, 4) is 0 Å². The number of para-hydroxylation sites is 1. The van der Waals surface area contributed by atoms with Gasteiger partial charge in [0, 0.05) is 25.5 Å². The van der Waals surface area contributed by atoms with Gasteiger partial charge in [-0.2, -0.15) is 0 Å². The normalized spacial score (nSPS) is 10.1. The summed E-state index contributed by atoms with van der Waals surface area (Å²) in [5.74, 6) is -0.0198. The molecule has 0 aliphatic rings. The summed E-state index contributed by atoms with van der Waals surface area (Å²) in [4.78, 5) is 14.2. The summed E-state index contributed by atoms with van der Waals surface area (Å²) in [5, 5.41) is 0. The van der Waals surface area contributed by atoms with E-state index in [9.17, 15) is 4.79 Å². The average molecular weight is 240 g/mol. The lowest BCUT2D eigenvalue weighted by Crippen LogP contribution is -2.32. The topological polar surface area (TPSA) is 25.2 Å². The lowest BCUT2D eigenvalue weighted by Gasteiger charge is -2.21. The predicted molar refractivity (Wildman–Crippen MR) is 73.7 cm³/mol. The number of carbonyl (C=O) groups excluding carboxylic acids is 1. The summed E-state index contributed by atoms with van der Waals surface area (Å²) >= 11 is 0. The minimum atomic E-state index is -0.0198. The van der Waals surface area contributed by atoms with Crippen LogP contribution in [-0.2, 0) is 7.05 Å².